The molecular weight excluding hydrogens is 201 g/mol. The van der Waals surface area contributed by atoms with Crippen molar-refractivity contribution < 1.29 is 18.0 Å². The first-order chi connectivity index (χ1) is 6.38. The summed E-state index contributed by atoms with van der Waals surface area (Å²) in [6, 6.07) is 1.22. The van der Waals surface area contributed by atoms with E-state index in [-0.39, 0.29) is 0 Å². The number of rotatable bonds is 1. The number of halogens is 3. The summed E-state index contributed by atoms with van der Waals surface area (Å²) < 4.78 is 36.4. The standard InChI is InChI=1S/C6H3F3N4O/c7-6(8,9)4-2(1-10)3(5(11)14)12-13-4/h(H2,11,14)(H,12,13). The zero-order valence-corrected chi connectivity index (χ0v) is 6.51. The Morgan fingerprint density at radius 1 is 1.57 bits per heavy atom. The minimum absolute atomic E-state index is 0.708. The first kappa shape index (κ1) is 10.0. The van der Waals surface area contributed by atoms with E-state index in [0.29, 0.717) is 0 Å². The van der Waals surface area contributed by atoms with Gasteiger partial charge in [-0.2, -0.15) is 23.5 Å². The molecule has 1 rings (SSSR count). The summed E-state index contributed by atoms with van der Waals surface area (Å²) in [5, 5.41) is 12.9. The van der Waals surface area contributed by atoms with Crippen LogP contribution in [0.1, 0.15) is 21.7 Å². The number of H-pyrrole nitrogens is 1. The van der Waals surface area contributed by atoms with Gasteiger partial charge in [-0.1, -0.05) is 0 Å². The summed E-state index contributed by atoms with van der Waals surface area (Å²) in [4.78, 5) is 10.5. The first-order valence-corrected chi connectivity index (χ1v) is 3.23. The molecule has 0 atom stereocenters. The van der Waals surface area contributed by atoms with Crippen molar-refractivity contribution in [1.82, 2.24) is 10.2 Å². The Morgan fingerprint density at radius 2 is 2.14 bits per heavy atom. The summed E-state index contributed by atoms with van der Waals surface area (Å²) in [5.41, 5.74) is 1.75. The number of nitrogens with zero attached hydrogens (tertiary/aromatic N) is 2. The van der Waals surface area contributed by atoms with Gasteiger partial charge in [0.1, 0.15) is 11.6 Å². The van der Waals surface area contributed by atoms with Crippen LogP contribution in [0, 0.1) is 11.3 Å². The van der Waals surface area contributed by atoms with E-state index in [0.717, 1.165) is 0 Å². The first-order valence-electron chi connectivity index (χ1n) is 3.23. The molecule has 1 aromatic heterocycles. The fraction of sp³-hybridized carbons (Fsp3) is 0.167. The average molecular weight is 204 g/mol. The number of nitrogens with one attached hydrogen (secondary N) is 1. The number of carbonyl (C=O) groups is 1. The largest absolute Gasteiger partial charge is 0.434 e. The summed E-state index contributed by atoms with van der Waals surface area (Å²) in [5.74, 6) is -1.19. The average Bonchev–Trinajstić information content (AvgIpc) is 2.45. The number of amides is 1. The Balaban J connectivity index is 3.37. The van der Waals surface area contributed by atoms with Crippen LogP contribution in [0.3, 0.4) is 0 Å². The number of primary amides is 1. The predicted octanol–water partition coefficient (Wildman–Crippen LogP) is 0.399. The van der Waals surface area contributed by atoms with Gasteiger partial charge in [-0.15, -0.1) is 0 Å². The number of hydrogen-bond acceptors (Lipinski definition) is 3. The zero-order chi connectivity index (χ0) is 10.9. The van der Waals surface area contributed by atoms with E-state index < -0.39 is 29.0 Å². The molecule has 0 radical (unpaired) electrons. The molecule has 14 heavy (non-hydrogen) atoms. The Kier molecular flexibility index (Phi) is 2.17. The number of aromatic nitrogens is 2. The van der Waals surface area contributed by atoms with Gasteiger partial charge in [0.15, 0.2) is 11.4 Å². The van der Waals surface area contributed by atoms with Gasteiger partial charge in [0.2, 0.25) is 0 Å². The summed E-state index contributed by atoms with van der Waals surface area (Å²) in [6.07, 6.45) is -4.76. The highest BCUT2D eigenvalue weighted by atomic mass is 19.4. The number of alkyl halides is 3. The van der Waals surface area contributed by atoms with Gasteiger partial charge >= 0.3 is 6.18 Å². The van der Waals surface area contributed by atoms with Gasteiger partial charge in [-0.3, -0.25) is 9.89 Å². The molecule has 0 aliphatic carbocycles. The van der Waals surface area contributed by atoms with Crippen LogP contribution in [0.15, 0.2) is 0 Å². The molecule has 1 aromatic rings. The molecule has 3 N–H and O–H groups in total. The highest BCUT2D eigenvalue weighted by Crippen LogP contribution is 2.30. The SMILES string of the molecule is N#Cc1c(C(N)=O)n[nH]c1C(F)(F)F. The summed E-state index contributed by atoms with van der Waals surface area (Å²) in [7, 11) is 0. The van der Waals surface area contributed by atoms with Crippen molar-refractivity contribution in [1.29, 1.82) is 5.26 Å². The van der Waals surface area contributed by atoms with Crippen molar-refractivity contribution in [2.75, 3.05) is 0 Å². The molecule has 0 aliphatic rings. The van der Waals surface area contributed by atoms with Crippen LogP contribution in [-0.2, 0) is 6.18 Å². The number of nitriles is 1. The molecule has 0 saturated heterocycles. The van der Waals surface area contributed by atoms with E-state index in [2.05, 4.69) is 5.10 Å². The highest BCUT2D eigenvalue weighted by molar-refractivity contribution is 5.93. The fourth-order valence-electron chi connectivity index (χ4n) is 0.834. The van der Waals surface area contributed by atoms with Gasteiger partial charge in [0, 0.05) is 0 Å². The molecule has 74 valence electrons. The highest BCUT2D eigenvalue weighted by Gasteiger charge is 2.38. The zero-order valence-electron chi connectivity index (χ0n) is 6.51. The Bertz CT molecular complexity index is 414. The number of nitrogens with two attached hydrogens (primary N) is 1. The van der Waals surface area contributed by atoms with Gasteiger partial charge < -0.3 is 5.73 Å². The molecule has 0 spiro atoms. The van der Waals surface area contributed by atoms with Gasteiger partial charge in [-0.25, -0.2) is 0 Å². The number of hydrogen-bond donors (Lipinski definition) is 2. The van der Waals surface area contributed by atoms with Crippen LogP contribution >= 0.6 is 0 Å². The van der Waals surface area contributed by atoms with E-state index in [1.54, 1.807) is 5.10 Å². The number of carbonyl (C=O) groups excluding carboxylic acids is 1. The van der Waals surface area contributed by atoms with Crippen LogP contribution in [0.2, 0.25) is 0 Å². The molecular formula is C6H3F3N4O. The van der Waals surface area contributed by atoms with Crippen LogP contribution < -0.4 is 5.73 Å². The van der Waals surface area contributed by atoms with Gasteiger partial charge in [0.25, 0.3) is 5.91 Å². The topological polar surface area (TPSA) is 95.6 Å². The van der Waals surface area contributed by atoms with E-state index in [4.69, 9.17) is 11.0 Å². The normalized spacial score (nSPS) is 11.0. The van der Waals surface area contributed by atoms with Crippen molar-refractivity contribution in [2.24, 2.45) is 5.73 Å². The molecule has 5 nitrogen and oxygen atoms in total. The Hall–Kier alpha value is -2.04. The lowest BCUT2D eigenvalue weighted by Gasteiger charge is -2.01. The van der Waals surface area contributed by atoms with E-state index in [1.807, 2.05) is 0 Å². The van der Waals surface area contributed by atoms with E-state index in [1.165, 1.54) is 6.07 Å². The maximum Gasteiger partial charge on any atom is 0.434 e. The molecule has 0 unspecified atom stereocenters. The lowest BCUT2D eigenvalue weighted by atomic mass is 10.2. The van der Waals surface area contributed by atoms with Crippen molar-refractivity contribution in [3.63, 3.8) is 0 Å². The molecule has 0 aromatic carbocycles. The third kappa shape index (κ3) is 1.52. The smallest absolute Gasteiger partial charge is 0.364 e. The maximum atomic E-state index is 12.1. The second-order valence-corrected chi connectivity index (χ2v) is 2.30. The molecule has 1 heterocycles. The molecule has 0 aliphatic heterocycles. The van der Waals surface area contributed by atoms with Gasteiger partial charge in [0.05, 0.1) is 0 Å². The lowest BCUT2D eigenvalue weighted by Crippen LogP contribution is -2.14. The minimum Gasteiger partial charge on any atom is -0.364 e. The van der Waals surface area contributed by atoms with E-state index >= 15 is 0 Å². The van der Waals surface area contributed by atoms with Crippen LogP contribution in [0.5, 0.6) is 0 Å². The van der Waals surface area contributed by atoms with Gasteiger partial charge in [-0.05, 0) is 0 Å². The molecule has 1 amide bonds. The van der Waals surface area contributed by atoms with E-state index in [9.17, 15) is 18.0 Å². The van der Waals surface area contributed by atoms with Crippen molar-refractivity contribution in [2.45, 2.75) is 6.18 Å². The van der Waals surface area contributed by atoms with Crippen LogP contribution in [0.4, 0.5) is 13.2 Å². The maximum absolute atomic E-state index is 12.1. The second kappa shape index (κ2) is 3.02. The summed E-state index contributed by atoms with van der Waals surface area (Å²) >= 11 is 0. The van der Waals surface area contributed by atoms with Crippen molar-refractivity contribution in [3.8, 4) is 6.07 Å². The predicted molar refractivity (Wildman–Crippen MR) is 36.8 cm³/mol. The third-order valence-corrected chi connectivity index (χ3v) is 1.39. The van der Waals surface area contributed by atoms with Crippen LogP contribution in [-0.4, -0.2) is 16.1 Å². The van der Waals surface area contributed by atoms with Crippen molar-refractivity contribution in [3.05, 3.63) is 17.0 Å². The Labute approximate surface area is 75.3 Å². The fourth-order valence-corrected chi connectivity index (χ4v) is 0.834. The lowest BCUT2D eigenvalue weighted by molar-refractivity contribution is -0.141. The molecule has 0 fully saturated rings. The monoisotopic (exact) mass is 204 g/mol. The Morgan fingerprint density at radius 3 is 2.50 bits per heavy atom. The molecule has 8 heteroatoms. The van der Waals surface area contributed by atoms with Crippen molar-refractivity contribution >= 4 is 5.91 Å². The summed E-state index contributed by atoms with van der Waals surface area (Å²) in [6.45, 7) is 0. The second-order valence-electron chi connectivity index (χ2n) is 2.30. The number of aromatic amines is 1. The molecule has 0 saturated carbocycles. The van der Waals surface area contributed by atoms with Crippen LogP contribution in [0.25, 0.3) is 0 Å². The molecule has 0 bridgehead atoms. The third-order valence-electron chi connectivity index (χ3n) is 1.39. The quantitative estimate of drug-likeness (QED) is 0.692. The minimum atomic E-state index is -4.76.